The number of fused-ring (bicyclic) bond motifs is 1. The molecule has 1 aliphatic heterocycles. The normalized spacial score (nSPS) is 15.2. The van der Waals surface area contributed by atoms with E-state index in [0.29, 0.717) is 36.4 Å². The molecule has 2 heterocycles. The second-order valence-electron chi connectivity index (χ2n) is 10.2. The first-order valence-electron chi connectivity index (χ1n) is 13.5. The highest BCUT2D eigenvalue weighted by molar-refractivity contribution is 7.89. The summed E-state index contributed by atoms with van der Waals surface area (Å²) in [5.41, 5.74) is 11.2. The lowest BCUT2D eigenvalue weighted by molar-refractivity contribution is 0.100. The second-order valence-corrected chi connectivity index (χ2v) is 12.1. The summed E-state index contributed by atoms with van der Waals surface area (Å²) in [6.45, 7) is 3.09. The number of primary amides is 1. The molecule has 6 nitrogen and oxygen atoms in total. The monoisotopic (exact) mass is 529 g/mol. The number of carbonyl (C=O) groups excluding carboxylic acids is 1. The van der Waals surface area contributed by atoms with Crippen molar-refractivity contribution in [1.82, 2.24) is 9.29 Å². The fourth-order valence-electron chi connectivity index (χ4n) is 5.55. The fourth-order valence-corrected chi connectivity index (χ4v) is 7.02. The number of nitrogens with one attached hydrogen (secondary N) is 1. The van der Waals surface area contributed by atoms with Crippen molar-refractivity contribution < 1.29 is 13.2 Å². The van der Waals surface area contributed by atoms with Crippen LogP contribution >= 0.6 is 0 Å². The van der Waals surface area contributed by atoms with E-state index >= 15 is 0 Å². The smallest absolute Gasteiger partial charge is 0.250 e. The Kier molecular flexibility index (Phi) is 7.68. The summed E-state index contributed by atoms with van der Waals surface area (Å²) in [4.78, 5) is 15.9. The van der Waals surface area contributed by atoms with Crippen molar-refractivity contribution in [3.8, 4) is 11.1 Å². The number of piperidine rings is 1. The van der Waals surface area contributed by atoms with E-state index in [1.54, 1.807) is 16.4 Å². The van der Waals surface area contributed by atoms with Crippen molar-refractivity contribution in [3.63, 3.8) is 0 Å². The van der Waals surface area contributed by atoms with Crippen LogP contribution in [0.4, 0.5) is 0 Å². The van der Waals surface area contributed by atoms with Crippen LogP contribution in [0.2, 0.25) is 0 Å². The van der Waals surface area contributed by atoms with Gasteiger partial charge in [0.05, 0.1) is 16.0 Å². The molecule has 1 aliphatic rings. The van der Waals surface area contributed by atoms with Gasteiger partial charge in [-0.1, -0.05) is 62.2 Å². The van der Waals surface area contributed by atoms with Crippen LogP contribution < -0.4 is 5.73 Å². The maximum Gasteiger partial charge on any atom is 0.250 e. The quantitative estimate of drug-likeness (QED) is 0.251. The molecule has 0 spiro atoms. The van der Waals surface area contributed by atoms with Gasteiger partial charge in [-0.05, 0) is 78.1 Å². The number of aryl methyl sites for hydroxylation is 1. The Labute approximate surface area is 224 Å². The van der Waals surface area contributed by atoms with Gasteiger partial charge in [0.2, 0.25) is 10.0 Å². The number of rotatable bonds is 9. The molecule has 1 aromatic heterocycles. The number of nitrogens with two attached hydrogens (primary N) is 1. The first kappa shape index (κ1) is 26.2. The zero-order valence-electron chi connectivity index (χ0n) is 21.8. The molecule has 0 radical (unpaired) electrons. The lowest BCUT2D eigenvalue weighted by Gasteiger charge is -2.31. The van der Waals surface area contributed by atoms with Crippen LogP contribution in [0.3, 0.4) is 0 Å². The second kappa shape index (κ2) is 11.1. The van der Waals surface area contributed by atoms with E-state index in [0.717, 1.165) is 40.4 Å². The third-order valence-corrected chi connectivity index (χ3v) is 9.63. The Morgan fingerprint density at radius 1 is 0.974 bits per heavy atom. The van der Waals surface area contributed by atoms with Crippen LogP contribution in [0.25, 0.3) is 22.0 Å². The summed E-state index contributed by atoms with van der Waals surface area (Å²) in [7, 11) is -3.54. The van der Waals surface area contributed by atoms with E-state index in [4.69, 9.17) is 5.73 Å². The van der Waals surface area contributed by atoms with E-state index in [9.17, 15) is 13.2 Å². The molecule has 1 fully saturated rings. The summed E-state index contributed by atoms with van der Waals surface area (Å²) < 4.78 is 28.3. The highest BCUT2D eigenvalue weighted by Gasteiger charge is 2.31. The predicted molar refractivity (Wildman–Crippen MR) is 153 cm³/mol. The molecule has 0 unspecified atom stereocenters. The zero-order chi connectivity index (χ0) is 26.7. The average Bonchev–Trinajstić information content (AvgIpc) is 3.37. The Balaban J connectivity index is 1.35. The Bertz CT molecular complexity index is 1520. The van der Waals surface area contributed by atoms with Gasteiger partial charge in [0.25, 0.3) is 5.91 Å². The zero-order valence-corrected chi connectivity index (χ0v) is 22.6. The minimum atomic E-state index is -3.54. The summed E-state index contributed by atoms with van der Waals surface area (Å²) in [6, 6.07) is 21.3. The van der Waals surface area contributed by atoms with Crippen molar-refractivity contribution in [3.05, 3.63) is 89.6 Å². The summed E-state index contributed by atoms with van der Waals surface area (Å²) in [5, 5.41) is 0.972. The van der Waals surface area contributed by atoms with Gasteiger partial charge in [-0.3, -0.25) is 4.79 Å². The van der Waals surface area contributed by atoms with Crippen LogP contribution in [0.15, 0.2) is 77.8 Å². The molecular formula is C31H35N3O3S. The Hall–Kier alpha value is -3.42. The molecule has 198 valence electrons. The molecule has 38 heavy (non-hydrogen) atoms. The standard InChI is InChI=1S/C31H35N3O3S/c1-2-3-5-8-22-11-13-26(14-12-22)38(36,37)34-17-15-24(16-18-34)29-21-33-30-27(29)19-25(20-28(30)31(32)35)23-9-6-4-7-10-23/h4,6-7,9-14,19-21,24,33H,2-3,5,8,15-18H2,1H3,(H2,32,35). The first-order valence-corrected chi connectivity index (χ1v) is 14.9. The molecule has 0 saturated carbocycles. The fraction of sp³-hybridized carbons (Fsp3) is 0.323. The van der Waals surface area contributed by atoms with Gasteiger partial charge in [0.15, 0.2) is 0 Å². The predicted octanol–water partition coefficient (Wildman–Crippen LogP) is 6.23. The van der Waals surface area contributed by atoms with E-state index < -0.39 is 15.9 Å². The number of aromatic nitrogens is 1. The lowest BCUT2D eigenvalue weighted by Crippen LogP contribution is -2.37. The number of benzene rings is 3. The molecule has 3 N–H and O–H groups in total. The van der Waals surface area contributed by atoms with E-state index in [2.05, 4.69) is 18.0 Å². The third-order valence-electron chi connectivity index (χ3n) is 7.72. The van der Waals surface area contributed by atoms with Crippen LogP contribution in [-0.4, -0.2) is 36.7 Å². The van der Waals surface area contributed by atoms with Gasteiger partial charge < -0.3 is 10.7 Å². The molecule has 0 bridgehead atoms. The van der Waals surface area contributed by atoms with Crippen LogP contribution in [-0.2, 0) is 16.4 Å². The molecule has 0 aliphatic carbocycles. The number of hydrogen-bond acceptors (Lipinski definition) is 3. The first-order chi connectivity index (χ1) is 18.4. The number of carbonyl (C=O) groups is 1. The van der Waals surface area contributed by atoms with Gasteiger partial charge in [-0.25, -0.2) is 8.42 Å². The maximum atomic E-state index is 13.4. The largest absolute Gasteiger partial charge is 0.366 e. The molecule has 0 atom stereocenters. The number of H-pyrrole nitrogens is 1. The molecular weight excluding hydrogens is 494 g/mol. The number of hydrogen-bond donors (Lipinski definition) is 2. The van der Waals surface area contributed by atoms with Crippen molar-refractivity contribution >= 4 is 26.8 Å². The van der Waals surface area contributed by atoms with Crippen LogP contribution in [0, 0.1) is 0 Å². The van der Waals surface area contributed by atoms with Crippen molar-refractivity contribution in [2.45, 2.75) is 56.3 Å². The Morgan fingerprint density at radius 2 is 1.68 bits per heavy atom. The van der Waals surface area contributed by atoms with Crippen molar-refractivity contribution in [1.29, 1.82) is 0 Å². The van der Waals surface area contributed by atoms with Crippen molar-refractivity contribution in [2.75, 3.05) is 13.1 Å². The molecule has 1 saturated heterocycles. The SMILES string of the molecule is CCCCCc1ccc(S(=O)(=O)N2CCC(c3c[nH]c4c(C(N)=O)cc(-c5ccccc5)cc34)CC2)cc1. The lowest BCUT2D eigenvalue weighted by atomic mass is 9.88. The minimum Gasteiger partial charge on any atom is -0.366 e. The Morgan fingerprint density at radius 3 is 2.34 bits per heavy atom. The van der Waals surface area contributed by atoms with Gasteiger partial charge in [0, 0.05) is 24.7 Å². The molecule has 5 rings (SSSR count). The van der Waals surface area contributed by atoms with Crippen LogP contribution in [0.5, 0.6) is 0 Å². The third kappa shape index (κ3) is 5.26. The number of nitrogens with zero attached hydrogens (tertiary/aromatic N) is 1. The average molecular weight is 530 g/mol. The van der Waals surface area contributed by atoms with Gasteiger partial charge >= 0.3 is 0 Å². The number of sulfonamides is 1. The summed E-state index contributed by atoms with van der Waals surface area (Å²) in [6.07, 6.45) is 7.83. The number of aromatic amines is 1. The topological polar surface area (TPSA) is 96.3 Å². The summed E-state index contributed by atoms with van der Waals surface area (Å²) in [5.74, 6) is -0.290. The summed E-state index contributed by atoms with van der Waals surface area (Å²) >= 11 is 0. The van der Waals surface area contributed by atoms with Gasteiger partial charge in [-0.2, -0.15) is 4.31 Å². The van der Waals surface area contributed by atoms with Crippen LogP contribution in [0.1, 0.15) is 66.4 Å². The highest BCUT2D eigenvalue weighted by Crippen LogP contribution is 2.37. The number of amides is 1. The maximum absolute atomic E-state index is 13.4. The van der Waals surface area contributed by atoms with Crippen molar-refractivity contribution in [2.24, 2.45) is 5.73 Å². The molecule has 7 heteroatoms. The van der Waals surface area contributed by atoms with Gasteiger partial charge in [-0.15, -0.1) is 0 Å². The van der Waals surface area contributed by atoms with Gasteiger partial charge in [0.1, 0.15) is 0 Å². The van der Waals surface area contributed by atoms with E-state index in [1.165, 1.54) is 18.4 Å². The number of unbranched alkanes of at least 4 members (excludes halogenated alkanes) is 2. The van der Waals surface area contributed by atoms with E-state index in [-0.39, 0.29) is 5.92 Å². The van der Waals surface area contributed by atoms with E-state index in [1.807, 2.05) is 54.7 Å². The minimum absolute atomic E-state index is 0.183. The molecule has 3 aromatic carbocycles. The molecule has 4 aromatic rings. The molecule has 1 amide bonds. The highest BCUT2D eigenvalue weighted by atomic mass is 32.2.